The predicted octanol–water partition coefficient (Wildman–Crippen LogP) is 1.83. The summed E-state index contributed by atoms with van der Waals surface area (Å²) in [6, 6.07) is 2.24. The van der Waals surface area contributed by atoms with Gasteiger partial charge in [-0.15, -0.1) is 0 Å². The van der Waals surface area contributed by atoms with E-state index >= 15 is 0 Å². The molecule has 5 heteroatoms. The first-order chi connectivity index (χ1) is 9.83. The normalized spacial score (nSPS) is 26.3. The quantitative estimate of drug-likeness (QED) is 0.825. The Morgan fingerprint density at radius 2 is 2.30 bits per heavy atom. The summed E-state index contributed by atoms with van der Waals surface area (Å²) in [5, 5.41) is 4.24. The maximum Gasteiger partial charge on any atom is 0.222 e. The second kappa shape index (κ2) is 6.39. The highest BCUT2D eigenvalue weighted by atomic mass is 16.5. The maximum atomic E-state index is 12.4. The highest BCUT2D eigenvalue weighted by Gasteiger charge is 2.29. The number of nitrogens with zero attached hydrogens (tertiary/aromatic N) is 3. The van der Waals surface area contributed by atoms with Crippen molar-refractivity contribution in [2.45, 2.75) is 57.2 Å². The van der Waals surface area contributed by atoms with Crippen molar-refractivity contribution in [3.8, 4) is 0 Å². The molecular weight excluding hydrogens is 254 g/mol. The lowest BCUT2D eigenvalue weighted by Crippen LogP contribution is -2.38. The van der Waals surface area contributed by atoms with Crippen LogP contribution in [-0.4, -0.2) is 45.9 Å². The summed E-state index contributed by atoms with van der Waals surface area (Å²) in [6.07, 6.45) is 10.0. The van der Waals surface area contributed by atoms with E-state index in [1.807, 2.05) is 16.9 Å². The molecule has 2 aliphatic rings. The van der Waals surface area contributed by atoms with Crippen molar-refractivity contribution in [2.24, 2.45) is 0 Å². The summed E-state index contributed by atoms with van der Waals surface area (Å²) < 4.78 is 7.52. The molecular formula is C15H23N3O2. The molecule has 3 heterocycles. The number of amides is 1. The summed E-state index contributed by atoms with van der Waals surface area (Å²) in [4.78, 5) is 14.4. The van der Waals surface area contributed by atoms with Crippen LogP contribution >= 0.6 is 0 Å². The van der Waals surface area contributed by atoms with Crippen molar-refractivity contribution in [1.29, 1.82) is 0 Å². The van der Waals surface area contributed by atoms with Gasteiger partial charge in [-0.3, -0.25) is 9.48 Å². The molecule has 2 unspecified atom stereocenters. The molecule has 0 aliphatic carbocycles. The van der Waals surface area contributed by atoms with E-state index in [0.29, 0.717) is 18.6 Å². The Kier molecular flexibility index (Phi) is 4.35. The summed E-state index contributed by atoms with van der Waals surface area (Å²) in [7, 11) is 0. The van der Waals surface area contributed by atoms with Gasteiger partial charge in [0.05, 0.1) is 18.7 Å². The topological polar surface area (TPSA) is 47.4 Å². The average molecular weight is 277 g/mol. The maximum absolute atomic E-state index is 12.4. The van der Waals surface area contributed by atoms with Crippen LogP contribution in [0, 0.1) is 0 Å². The summed E-state index contributed by atoms with van der Waals surface area (Å²) in [5.74, 6) is 0.287. The lowest BCUT2D eigenvalue weighted by atomic mass is 10.1. The Balaban J connectivity index is 1.50. The molecule has 1 amide bonds. The zero-order valence-corrected chi connectivity index (χ0v) is 11.9. The van der Waals surface area contributed by atoms with Crippen molar-refractivity contribution in [2.75, 3.05) is 13.2 Å². The van der Waals surface area contributed by atoms with Crippen LogP contribution in [0.1, 0.15) is 38.5 Å². The third-order valence-corrected chi connectivity index (χ3v) is 4.36. The molecule has 0 N–H and O–H groups in total. The molecule has 2 saturated heterocycles. The SMILES string of the molecule is O=C(CCC1CCCO1)N1CCCC1Cn1cccn1. The van der Waals surface area contributed by atoms with Crippen LogP contribution in [0.25, 0.3) is 0 Å². The van der Waals surface area contributed by atoms with Gasteiger partial charge in [-0.05, 0) is 38.2 Å². The van der Waals surface area contributed by atoms with Crippen LogP contribution in [0.2, 0.25) is 0 Å². The zero-order chi connectivity index (χ0) is 13.8. The molecule has 110 valence electrons. The second-order valence-corrected chi connectivity index (χ2v) is 5.78. The molecule has 0 bridgehead atoms. The Bertz CT molecular complexity index is 426. The van der Waals surface area contributed by atoms with Gasteiger partial charge in [-0.2, -0.15) is 5.10 Å². The lowest BCUT2D eigenvalue weighted by Gasteiger charge is -2.25. The summed E-state index contributed by atoms with van der Waals surface area (Å²) in [6.45, 7) is 2.58. The van der Waals surface area contributed by atoms with Crippen LogP contribution < -0.4 is 0 Å². The van der Waals surface area contributed by atoms with E-state index in [1.165, 1.54) is 0 Å². The monoisotopic (exact) mass is 277 g/mol. The Hall–Kier alpha value is -1.36. The fraction of sp³-hybridized carbons (Fsp3) is 0.733. The van der Waals surface area contributed by atoms with Gasteiger partial charge in [-0.25, -0.2) is 0 Å². The van der Waals surface area contributed by atoms with Crippen LogP contribution in [0.15, 0.2) is 18.5 Å². The van der Waals surface area contributed by atoms with E-state index in [0.717, 1.165) is 51.8 Å². The smallest absolute Gasteiger partial charge is 0.222 e. The first-order valence-electron chi connectivity index (χ1n) is 7.71. The van der Waals surface area contributed by atoms with E-state index in [9.17, 15) is 4.79 Å². The molecule has 0 aromatic carbocycles. The summed E-state index contributed by atoms with van der Waals surface area (Å²) in [5.41, 5.74) is 0. The third-order valence-electron chi connectivity index (χ3n) is 4.36. The van der Waals surface area contributed by atoms with E-state index in [4.69, 9.17) is 4.74 Å². The number of aromatic nitrogens is 2. The van der Waals surface area contributed by atoms with Gasteiger partial charge < -0.3 is 9.64 Å². The number of ether oxygens (including phenoxy) is 1. The van der Waals surface area contributed by atoms with Crippen molar-refractivity contribution >= 4 is 5.91 Å². The Morgan fingerprint density at radius 3 is 3.05 bits per heavy atom. The van der Waals surface area contributed by atoms with Crippen LogP contribution in [0.3, 0.4) is 0 Å². The van der Waals surface area contributed by atoms with Gasteiger partial charge >= 0.3 is 0 Å². The first kappa shape index (κ1) is 13.6. The number of carbonyl (C=O) groups is 1. The fourth-order valence-corrected chi connectivity index (χ4v) is 3.28. The number of likely N-dealkylation sites (tertiary alicyclic amines) is 1. The van der Waals surface area contributed by atoms with E-state index in [-0.39, 0.29) is 5.91 Å². The minimum absolute atomic E-state index is 0.287. The van der Waals surface area contributed by atoms with Gasteiger partial charge in [0.15, 0.2) is 0 Å². The molecule has 1 aromatic heterocycles. The van der Waals surface area contributed by atoms with Crippen LogP contribution in [0.5, 0.6) is 0 Å². The largest absolute Gasteiger partial charge is 0.378 e. The first-order valence-corrected chi connectivity index (χ1v) is 7.71. The Labute approximate surface area is 119 Å². The minimum Gasteiger partial charge on any atom is -0.378 e. The lowest BCUT2D eigenvalue weighted by molar-refractivity contribution is -0.132. The van der Waals surface area contributed by atoms with Crippen molar-refractivity contribution < 1.29 is 9.53 Å². The molecule has 0 radical (unpaired) electrons. The predicted molar refractivity (Wildman–Crippen MR) is 75.2 cm³/mol. The number of rotatable bonds is 5. The molecule has 2 aliphatic heterocycles. The van der Waals surface area contributed by atoms with Crippen LogP contribution in [-0.2, 0) is 16.1 Å². The van der Waals surface area contributed by atoms with E-state index in [2.05, 4.69) is 10.00 Å². The van der Waals surface area contributed by atoms with E-state index < -0.39 is 0 Å². The molecule has 5 nitrogen and oxygen atoms in total. The van der Waals surface area contributed by atoms with Gasteiger partial charge in [0.2, 0.25) is 5.91 Å². The molecule has 0 spiro atoms. The molecule has 0 saturated carbocycles. The molecule has 20 heavy (non-hydrogen) atoms. The molecule has 3 rings (SSSR count). The minimum atomic E-state index is 0.287. The van der Waals surface area contributed by atoms with E-state index in [1.54, 1.807) is 6.20 Å². The second-order valence-electron chi connectivity index (χ2n) is 5.78. The van der Waals surface area contributed by atoms with Gasteiger partial charge in [0, 0.05) is 32.0 Å². The molecule has 2 atom stereocenters. The highest BCUT2D eigenvalue weighted by molar-refractivity contribution is 5.76. The standard InChI is InChI=1S/C15H23N3O2/c19-15(7-6-14-5-2-11-20-14)18-10-1-4-13(18)12-17-9-3-8-16-17/h3,8-9,13-14H,1-2,4-7,10-12H2. The number of carbonyl (C=O) groups excluding carboxylic acids is 1. The molecule has 2 fully saturated rings. The van der Waals surface area contributed by atoms with Gasteiger partial charge in [0.1, 0.15) is 0 Å². The van der Waals surface area contributed by atoms with Gasteiger partial charge in [0.25, 0.3) is 0 Å². The van der Waals surface area contributed by atoms with Gasteiger partial charge in [-0.1, -0.05) is 0 Å². The van der Waals surface area contributed by atoms with Crippen molar-refractivity contribution in [3.05, 3.63) is 18.5 Å². The highest BCUT2D eigenvalue weighted by Crippen LogP contribution is 2.22. The average Bonchev–Trinajstić information content (AvgIpc) is 3.19. The number of hydrogen-bond acceptors (Lipinski definition) is 3. The third kappa shape index (κ3) is 3.20. The zero-order valence-electron chi connectivity index (χ0n) is 11.9. The Morgan fingerprint density at radius 1 is 1.35 bits per heavy atom. The molecule has 1 aromatic rings. The van der Waals surface area contributed by atoms with Crippen molar-refractivity contribution in [3.63, 3.8) is 0 Å². The fourth-order valence-electron chi connectivity index (χ4n) is 3.28. The number of hydrogen-bond donors (Lipinski definition) is 0. The van der Waals surface area contributed by atoms with Crippen LogP contribution in [0.4, 0.5) is 0 Å². The summed E-state index contributed by atoms with van der Waals surface area (Å²) >= 11 is 0. The van der Waals surface area contributed by atoms with Crippen molar-refractivity contribution in [1.82, 2.24) is 14.7 Å².